The minimum absolute atomic E-state index is 0.175. The molecule has 134 valence electrons. The Kier molecular flexibility index (Phi) is 5.03. The Morgan fingerprint density at radius 3 is 2.64 bits per heavy atom. The lowest BCUT2D eigenvalue weighted by molar-refractivity contribution is 0.0926. The van der Waals surface area contributed by atoms with Gasteiger partial charge in [0.2, 0.25) is 0 Å². The van der Waals surface area contributed by atoms with Crippen molar-refractivity contribution in [3.05, 3.63) is 53.0 Å². The van der Waals surface area contributed by atoms with Crippen LogP contribution in [0.4, 0.5) is 8.78 Å². The van der Waals surface area contributed by atoms with Gasteiger partial charge in [0, 0.05) is 18.7 Å². The van der Waals surface area contributed by atoms with Crippen molar-refractivity contribution in [2.75, 3.05) is 19.6 Å². The minimum Gasteiger partial charge on any atom is -0.507 e. The SMILES string of the molecule is Cc1ccc(C(CNC(=O)c2c(O)cc(F)cc2F)N2CCCC2)o1. The molecule has 0 aliphatic carbocycles. The molecular weight excluding hydrogens is 330 g/mol. The highest BCUT2D eigenvalue weighted by Crippen LogP contribution is 2.27. The van der Waals surface area contributed by atoms with Gasteiger partial charge in [-0.1, -0.05) is 0 Å². The molecule has 2 N–H and O–H groups in total. The van der Waals surface area contributed by atoms with Crippen LogP contribution >= 0.6 is 0 Å². The molecule has 1 aromatic heterocycles. The summed E-state index contributed by atoms with van der Waals surface area (Å²) in [5.74, 6) is -2.05. The molecule has 0 bridgehead atoms. The number of hydrogen-bond donors (Lipinski definition) is 2. The van der Waals surface area contributed by atoms with Gasteiger partial charge in [-0.25, -0.2) is 8.78 Å². The number of likely N-dealkylation sites (tertiary alicyclic amines) is 1. The third-order valence-corrected chi connectivity index (χ3v) is 4.39. The van der Waals surface area contributed by atoms with E-state index in [-0.39, 0.29) is 12.6 Å². The standard InChI is InChI=1S/C18H20F2N2O3/c1-11-4-5-16(25-11)14(22-6-2-3-7-22)10-21-18(24)17-13(20)8-12(19)9-15(17)23/h4-5,8-9,14,23H,2-3,6-7,10H2,1H3,(H,21,24). The topological polar surface area (TPSA) is 65.7 Å². The quantitative estimate of drug-likeness (QED) is 0.869. The maximum absolute atomic E-state index is 13.8. The van der Waals surface area contributed by atoms with E-state index in [0.717, 1.165) is 37.5 Å². The summed E-state index contributed by atoms with van der Waals surface area (Å²) in [6.45, 7) is 3.81. The summed E-state index contributed by atoms with van der Waals surface area (Å²) in [5.41, 5.74) is -0.558. The van der Waals surface area contributed by atoms with E-state index < -0.39 is 28.9 Å². The Balaban J connectivity index is 1.76. The number of rotatable bonds is 5. The molecule has 1 fully saturated rings. The van der Waals surface area contributed by atoms with Gasteiger partial charge < -0.3 is 14.8 Å². The third kappa shape index (κ3) is 3.82. The largest absolute Gasteiger partial charge is 0.507 e. The fourth-order valence-electron chi connectivity index (χ4n) is 3.16. The van der Waals surface area contributed by atoms with E-state index in [9.17, 15) is 18.7 Å². The summed E-state index contributed by atoms with van der Waals surface area (Å²) in [6, 6.07) is 4.83. The molecule has 25 heavy (non-hydrogen) atoms. The van der Waals surface area contributed by atoms with Crippen molar-refractivity contribution in [1.82, 2.24) is 10.2 Å². The number of phenolic OH excluding ortho intramolecular Hbond substituents is 1. The lowest BCUT2D eigenvalue weighted by Crippen LogP contribution is -2.37. The number of hydrogen-bond acceptors (Lipinski definition) is 4. The van der Waals surface area contributed by atoms with E-state index in [2.05, 4.69) is 10.2 Å². The molecule has 1 amide bonds. The molecule has 0 spiro atoms. The van der Waals surface area contributed by atoms with Crippen LogP contribution in [0.2, 0.25) is 0 Å². The zero-order valence-corrected chi connectivity index (χ0v) is 13.9. The zero-order chi connectivity index (χ0) is 18.0. The predicted octanol–water partition coefficient (Wildman–Crippen LogP) is 3.14. The summed E-state index contributed by atoms with van der Waals surface area (Å²) in [4.78, 5) is 14.5. The van der Waals surface area contributed by atoms with Gasteiger partial charge in [0.05, 0.1) is 6.04 Å². The second-order valence-corrected chi connectivity index (χ2v) is 6.20. The number of carbonyl (C=O) groups excluding carboxylic acids is 1. The van der Waals surface area contributed by atoms with Crippen molar-refractivity contribution < 1.29 is 23.1 Å². The number of nitrogens with one attached hydrogen (secondary N) is 1. The van der Waals surface area contributed by atoms with Crippen LogP contribution in [-0.2, 0) is 0 Å². The number of halogens is 2. The fraction of sp³-hybridized carbons (Fsp3) is 0.389. The predicted molar refractivity (Wildman–Crippen MR) is 87.3 cm³/mol. The molecule has 7 heteroatoms. The van der Waals surface area contributed by atoms with Crippen LogP contribution in [0, 0.1) is 18.6 Å². The van der Waals surface area contributed by atoms with Crippen LogP contribution in [0.15, 0.2) is 28.7 Å². The normalized spacial score (nSPS) is 16.1. The molecule has 3 rings (SSSR count). The van der Waals surface area contributed by atoms with Crippen LogP contribution in [-0.4, -0.2) is 35.5 Å². The number of furan rings is 1. The highest BCUT2D eigenvalue weighted by Gasteiger charge is 2.27. The second kappa shape index (κ2) is 7.23. The van der Waals surface area contributed by atoms with Crippen LogP contribution < -0.4 is 5.32 Å². The van der Waals surface area contributed by atoms with Gasteiger partial charge in [-0.2, -0.15) is 0 Å². The van der Waals surface area contributed by atoms with E-state index in [1.165, 1.54) is 0 Å². The molecule has 2 aromatic rings. The Hall–Kier alpha value is -2.41. The number of amides is 1. The Labute approximate surface area is 144 Å². The van der Waals surface area contributed by atoms with Crippen molar-refractivity contribution in [2.24, 2.45) is 0 Å². The summed E-state index contributed by atoms with van der Waals surface area (Å²) >= 11 is 0. The Morgan fingerprint density at radius 1 is 1.32 bits per heavy atom. The Bertz CT molecular complexity index is 746. The van der Waals surface area contributed by atoms with Gasteiger partial charge in [-0.15, -0.1) is 0 Å². The van der Waals surface area contributed by atoms with Crippen LogP contribution in [0.3, 0.4) is 0 Å². The van der Waals surface area contributed by atoms with Crippen molar-refractivity contribution in [2.45, 2.75) is 25.8 Å². The fourth-order valence-corrected chi connectivity index (χ4v) is 3.16. The van der Waals surface area contributed by atoms with E-state index in [0.29, 0.717) is 12.1 Å². The van der Waals surface area contributed by atoms with Crippen LogP contribution in [0.5, 0.6) is 5.75 Å². The van der Waals surface area contributed by atoms with E-state index in [1.54, 1.807) is 0 Å². The molecule has 1 saturated heterocycles. The van der Waals surface area contributed by atoms with E-state index >= 15 is 0 Å². The second-order valence-electron chi connectivity index (χ2n) is 6.20. The molecular formula is C18H20F2N2O3. The zero-order valence-electron chi connectivity index (χ0n) is 13.9. The molecule has 1 aliphatic heterocycles. The maximum atomic E-state index is 13.8. The highest BCUT2D eigenvalue weighted by molar-refractivity contribution is 5.97. The first-order valence-corrected chi connectivity index (χ1v) is 8.22. The molecule has 2 heterocycles. The summed E-state index contributed by atoms with van der Waals surface area (Å²) < 4.78 is 32.6. The minimum atomic E-state index is -1.10. The first kappa shape index (κ1) is 17.4. The molecule has 0 saturated carbocycles. The number of phenols is 1. The van der Waals surface area contributed by atoms with Crippen molar-refractivity contribution in [1.29, 1.82) is 0 Å². The van der Waals surface area contributed by atoms with Gasteiger partial charge >= 0.3 is 0 Å². The molecule has 0 radical (unpaired) electrons. The van der Waals surface area contributed by atoms with E-state index in [1.807, 2.05) is 19.1 Å². The first-order chi connectivity index (χ1) is 12.0. The summed E-state index contributed by atoms with van der Waals surface area (Å²) in [7, 11) is 0. The van der Waals surface area contributed by atoms with Crippen molar-refractivity contribution in [3.63, 3.8) is 0 Å². The smallest absolute Gasteiger partial charge is 0.258 e. The van der Waals surface area contributed by atoms with Gasteiger partial charge in [0.15, 0.2) is 0 Å². The Morgan fingerprint density at radius 2 is 2.04 bits per heavy atom. The monoisotopic (exact) mass is 350 g/mol. The van der Waals surface area contributed by atoms with Crippen molar-refractivity contribution in [3.8, 4) is 5.75 Å². The average molecular weight is 350 g/mol. The maximum Gasteiger partial charge on any atom is 0.258 e. The molecule has 1 aromatic carbocycles. The highest BCUT2D eigenvalue weighted by atomic mass is 19.1. The number of carbonyl (C=O) groups is 1. The molecule has 5 nitrogen and oxygen atoms in total. The number of nitrogens with zero attached hydrogens (tertiary/aromatic N) is 1. The van der Waals surface area contributed by atoms with Gasteiger partial charge in [0.25, 0.3) is 5.91 Å². The molecule has 1 atom stereocenters. The number of benzene rings is 1. The molecule has 1 aliphatic rings. The van der Waals surface area contributed by atoms with Gasteiger partial charge in [-0.05, 0) is 45.0 Å². The molecule has 1 unspecified atom stereocenters. The first-order valence-electron chi connectivity index (χ1n) is 8.22. The lowest BCUT2D eigenvalue weighted by atomic mass is 10.1. The van der Waals surface area contributed by atoms with Crippen molar-refractivity contribution >= 4 is 5.91 Å². The van der Waals surface area contributed by atoms with Gasteiger partial charge in [-0.3, -0.25) is 9.69 Å². The van der Waals surface area contributed by atoms with Gasteiger partial charge in [0.1, 0.15) is 34.5 Å². The third-order valence-electron chi connectivity index (χ3n) is 4.39. The average Bonchev–Trinajstić information content (AvgIpc) is 3.19. The van der Waals surface area contributed by atoms with Crippen LogP contribution in [0.1, 0.15) is 40.8 Å². The van der Waals surface area contributed by atoms with E-state index in [4.69, 9.17) is 4.42 Å². The summed E-state index contributed by atoms with van der Waals surface area (Å²) in [6.07, 6.45) is 2.13. The lowest BCUT2D eigenvalue weighted by Gasteiger charge is -2.26. The number of aromatic hydroxyl groups is 1. The van der Waals surface area contributed by atoms with Crippen LogP contribution in [0.25, 0.3) is 0 Å². The summed E-state index contributed by atoms with van der Waals surface area (Å²) in [5, 5.41) is 12.3. The number of aryl methyl sites for hydroxylation is 1.